The zero-order chi connectivity index (χ0) is 16.1. The molecule has 1 saturated heterocycles. The zero-order valence-electron chi connectivity index (χ0n) is 13.2. The fourth-order valence-electron chi connectivity index (χ4n) is 3.56. The molecule has 1 amide bonds. The average Bonchev–Trinajstić information content (AvgIpc) is 3.07. The molecule has 2 fully saturated rings. The van der Waals surface area contributed by atoms with Crippen LogP contribution in [-0.4, -0.2) is 39.2 Å². The number of piperidine rings is 1. The van der Waals surface area contributed by atoms with Crippen molar-refractivity contribution in [3.8, 4) is 0 Å². The highest BCUT2D eigenvalue weighted by Gasteiger charge is 2.60. The van der Waals surface area contributed by atoms with Gasteiger partial charge in [-0.1, -0.05) is 6.07 Å². The van der Waals surface area contributed by atoms with E-state index in [1.807, 2.05) is 33.2 Å². The first-order valence-electron chi connectivity index (χ1n) is 7.96. The Balaban J connectivity index is 1.40. The van der Waals surface area contributed by atoms with Gasteiger partial charge in [0.1, 0.15) is 5.69 Å². The number of hydrogen-bond acceptors (Lipinski definition) is 4. The van der Waals surface area contributed by atoms with Crippen LogP contribution in [0, 0.1) is 17.8 Å². The van der Waals surface area contributed by atoms with Gasteiger partial charge in [0.05, 0.1) is 11.2 Å². The molecule has 120 valence electrons. The van der Waals surface area contributed by atoms with Crippen LogP contribution >= 0.6 is 11.3 Å². The SMILES string of the molecule is CC(C)n1cnc(C(=O)N2CC3C(C2)C3C(=O)c2cccs2)c1. The summed E-state index contributed by atoms with van der Waals surface area (Å²) in [5.74, 6) is 1.03. The molecular formula is C17H19N3O2S. The quantitative estimate of drug-likeness (QED) is 0.811. The molecule has 2 aromatic rings. The van der Waals surface area contributed by atoms with Gasteiger partial charge in [0.15, 0.2) is 5.78 Å². The minimum atomic E-state index is -0.0149. The maximum Gasteiger partial charge on any atom is 0.274 e. The second kappa shape index (κ2) is 5.30. The number of Topliss-reactive ketones (excluding diaryl/α,β-unsaturated/α-hetero) is 1. The first-order chi connectivity index (χ1) is 11.1. The van der Waals surface area contributed by atoms with Crippen molar-refractivity contribution in [3.05, 3.63) is 40.6 Å². The van der Waals surface area contributed by atoms with Gasteiger partial charge in [-0.25, -0.2) is 4.98 Å². The highest BCUT2D eigenvalue weighted by Crippen LogP contribution is 2.53. The van der Waals surface area contributed by atoms with Gasteiger partial charge in [-0.05, 0) is 37.1 Å². The van der Waals surface area contributed by atoms with Gasteiger partial charge >= 0.3 is 0 Å². The second-order valence-electron chi connectivity index (χ2n) is 6.71. The molecule has 4 rings (SSSR count). The van der Waals surface area contributed by atoms with E-state index >= 15 is 0 Å². The third-order valence-corrected chi connectivity index (χ3v) is 5.85. The van der Waals surface area contributed by atoms with Crippen molar-refractivity contribution >= 4 is 23.0 Å². The number of fused-ring (bicyclic) bond motifs is 1. The third-order valence-electron chi connectivity index (χ3n) is 4.96. The number of carbonyl (C=O) groups excluding carboxylic acids is 2. The van der Waals surface area contributed by atoms with E-state index in [9.17, 15) is 9.59 Å². The Labute approximate surface area is 138 Å². The first kappa shape index (κ1) is 14.6. The van der Waals surface area contributed by atoms with Crippen molar-refractivity contribution < 1.29 is 9.59 Å². The van der Waals surface area contributed by atoms with Crippen LogP contribution in [0.4, 0.5) is 0 Å². The minimum Gasteiger partial charge on any atom is -0.337 e. The van der Waals surface area contributed by atoms with Crippen molar-refractivity contribution in [1.29, 1.82) is 0 Å². The van der Waals surface area contributed by atoms with Gasteiger partial charge in [0, 0.05) is 31.2 Å². The first-order valence-corrected chi connectivity index (χ1v) is 8.84. The molecule has 6 heteroatoms. The van der Waals surface area contributed by atoms with Gasteiger partial charge in [-0.2, -0.15) is 0 Å². The summed E-state index contributed by atoms with van der Waals surface area (Å²) in [7, 11) is 0. The van der Waals surface area contributed by atoms with Crippen LogP contribution in [0.5, 0.6) is 0 Å². The van der Waals surface area contributed by atoms with Crippen molar-refractivity contribution in [3.63, 3.8) is 0 Å². The van der Waals surface area contributed by atoms with E-state index in [1.54, 1.807) is 6.33 Å². The summed E-state index contributed by atoms with van der Waals surface area (Å²) in [6, 6.07) is 4.10. The molecule has 0 radical (unpaired) electrons. The van der Waals surface area contributed by atoms with Crippen LogP contribution in [0.2, 0.25) is 0 Å². The molecule has 2 atom stereocenters. The molecule has 0 aromatic carbocycles. The molecule has 23 heavy (non-hydrogen) atoms. The highest BCUT2D eigenvalue weighted by molar-refractivity contribution is 7.12. The molecule has 1 saturated carbocycles. The Kier molecular flexibility index (Phi) is 3.37. The highest BCUT2D eigenvalue weighted by atomic mass is 32.1. The van der Waals surface area contributed by atoms with Crippen molar-refractivity contribution in [2.24, 2.45) is 17.8 Å². The van der Waals surface area contributed by atoms with E-state index in [-0.39, 0.29) is 17.6 Å². The largest absolute Gasteiger partial charge is 0.337 e. The van der Waals surface area contributed by atoms with E-state index in [4.69, 9.17) is 0 Å². The van der Waals surface area contributed by atoms with Crippen LogP contribution in [-0.2, 0) is 0 Å². The second-order valence-corrected chi connectivity index (χ2v) is 7.65. The number of imidazole rings is 1. The standard InChI is InChI=1S/C17H19N3O2S/c1-10(2)20-8-13(18-9-20)17(22)19-6-11-12(7-19)15(11)16(21)14-4-3-5-23-14/h3-5,8-12,15H,6-7H2,1-2H3. The third kappa shape index (κ3) is 2.41. The van der Waals surface area contributed by atoms with Crippen LogP contribution in [0.1, 0.15) is 40.0 Å². The number of ketones is 1. The number of rotatable bonds is 4. The van der Waals surface area contributed by atoms with Crippen LogP contribution in [0.3, 0.4) is 0 Å². The van der Waals surface area contributed by atoms with Gasteiger partial charge in [-0.15, -0.1) is 11.3 Å². The average molecular weight is 329 g/mol. The minimum absolute atomic E-state index is 0.0149. The maximum atomic E-state index is 12.5. The smallest absolute Gasteiger partial charge is 0.274 e. The monoisotopic (exact) mass is 329 g/mol. The summed E-state index contributed by atoms with van der Waals surface area (Å²) in [4.78, 5) is 31.8. The van der Waals surface area contributed by atoms with E-state index in [0.717, 1.165) is 4.88 Å². The number of likely N-dealkylation sites (tertiary alicyclic amines) is 1. The van der Waals surface area contributed by atoms with Gasteiger partial charge in [0.25, 0.3) is 5.91 Å². The molecule has 3 heterocycles. The lowest BCUT2D eigenvalue weighted by Crippen LogP contribution is -2.32. The number of aromatic nitrogens is 2. The molecule has 2 aliphatic rings. The Bertz CT molecular complexity index is 738. The molecular weight excluding hydrogens is 310 g/mol. The van der Waals surface area contributed by atoms with E-state index < -0.39 is 0 Å². The Morgan fingerprint density at radius 2 is 2.04 bits per heavy atom. The summed E-state index contributed by atoms with van der Waals surface area (Å²) in [5, 5.41) is 1.94. The van der Waals surface area contributed by atoms with Gasteiger partial charge < -0.3 is 9.47 Å². The van der Waals surface area contributed by atoms with Crippen LogP contribution < -0.4 is 0 Å². The topological polar surface area (TPSA) is 55.2 Å². The lowest BCUT2D eigenvalue weighted by atomic mass is 10.1. The number of amides is 1. The Hall–Kier alpha value is -1.95. The van der Waals surface area contributed by atoms with Gasteiger partial charge in [0.2, 0.25) is 0 Å². The molecule has 1 aliphatic heterocycles. The van der Waals surface area contributed by atoms with Crippen LogP contribution in [0.15, 0.2) is 30.0 Å². The Morgan fingerprint density at radius 3 is 2.61 bits per heavy atom. The predicted molar refractivity (Wildman–Crippen MR) is 87.6 cm³/mol. The van der Waals surface area contributed by atoms with Crippen LogP contribution in [0.25, 0.3) is 0 Å². The summed E-state index contributed by atoms with van der Waals surface area (Å²) >= 11 is 1.50. The summed E-state index contributed by atoms with van der Waals surface area (Å²) in [6.07, 6.45) is 3.52. The molecule has 0 N–H and O–H groups in total. The molecule has 0 bridgehead atoms. The predicted octanol–water partition coefficient (Wildman–Crippen LogP) is 2.73. The Morgan fingerprint density at radius 1 is 1.30 bits per heavy atom. The van der Waals surface area contributed by atoms with Crippen molar-refractivity contribution in [2.75, 3.05) is 13.1 Å². The summed E-state index contributed by atoms with van der Waals surface area (Å²) in [6.45, 7) is 5.48. The normalized spacial score (nSPS) is 25.7. The van der Waals surface area contributed by atoms with Gasteiger partial charge in [-0.3, -0.25) is 9.59 Å². The fourth-order valence-corrected chi connectivity index (χ4v) is 4.27. The molecule has 5 nitrogen and oxygen atoms in total. The lowest BCUT2D eigenvalue weighted by Gasteiger charge is -2.18. The van der Waals surface area contributed by atoms with E-state index in [1.165, 1.54) is 11.3 Å². The molecule has 0 spiro atoms. The molecule has 2 unspecified atom stereocenters. The number of carbonyl (C=O) groups is 2. The van der Waals surface area contributed by atoms with Crippen molar-refractivity contribution in [2.45, 2.75) is 19.9 Å². The lowest BCUT2D eigenvalue weighted by molar-refractivity contribution is 0.0747. The molecule has 2 aromatic heterocycles. The van der Waals surface area contributed by atoms with E-state index in [2.05, 4.69) is 18.8 Å². The summed E-state index contributed by atoms with van der Waals surface area (Å²) in [5.41, 5.74) is 0.501. The summed E-state index contributed by atoms with van der Waals surface area (Å²) < 4.78 is 1.94. The van der Waals surface area contributed by atoms with Crippen molar-refractivity contribution in [1.82, 2.24) is 14.5 Å². The fraction of sp³-hybridized carbons (Fsp3) is 0.471. The maximum absolute atomic E-state index is 12.5. The zero-order valence-corrected chi connectivity index (χ0v) is 14.0. The van der Waals surface area contributed by atoms with E-state index in [0.29, 0.717) is 36.7 Å². The number of hydrogen-bond donors (Lipinski definition) is 0. The molecule has 1 aliphatic carbocycles. The number of nitrogens with zero attached hydrogens (tertiary/aromatic N) is 3. The number of thiophene rings is 1.